The summed E-state index contributed by atoms with van der Waals surface area (Å²) in [6.45, 7) is 2.16. The van der Waals surface area contributed by atoms with E-state index in [2.05, 4.69) is 4.98 Å². The highest BCUT2D eigenvalue weighted by molar-refractivity contribution is 8.15. The molecule has 2 atom stereocenters. The minimum absolute atomic E-state index is 0.151. The Balaban J connectivity index is 1.50. The Morgan fingerprint density at radius 1 is 1.31 bits per heavy atom. The number of Topliss-reactive ketones (excluding diaryl/α,β-unsaturated/α-hetero) is 1. The lowest BCUT2D eigenvalue weighted by molar-refractivity contribution is -0.121. The van der Waals surface area contributed by atoms with Gasteiger partial charge in [0.1, 0.15) is 5.75 Å². The molecule has 136 valence electrons. The molecule has 26 heavy (non-hydrogen) atoms. The fraction of sp³-hybridized carbons (Fsp3) is 0.350. The number of pyridine rings is 1. The van der Waals surface area contributed by atoms with Crippen molar-refractivity contribution in [3.8, 4) is 5.75 Å². The van der Waals surface area contributed by atoms with Crippen molar-refractivity contribution in [3.05, 3.63) is 59.4 Å². The van der Waals surface area contributed by atoms with Gasteiger partial charge in [0, 0.05) is 18.3 Å². The van der Waals surface area contributed by atoms with Crippen LogP contribution in [0.15, 0.2) is 42.6 Å². The molecule has 2 aromatic rings. The molecule has 1 N–H and O–H groups in total. The molecule has 0 radical (unpaired) electrons. The van der Waals surface area contributed by atoms with Gasteiger partial charge in [-0.25, -0.2) is 0 Å². The number of ether oxygens (including phenoxy) is 1. The van der Waals surface area contributed by atoms with Crippen molar-refractivity contribution in [1.82, 2.24) is 4.98 Å². The minimum atomic E-state index is -1.40. The van der Waals surface area contributed by atoms with Gasteiger partial charge in [-0.05, 0) is 42.7 Å². The summed E-state index contributed by atoms with van der Waals surface area (Å²) in [6, 6.07) is 11.0. The first kappa shape index (κ1) is 17.2. The maximum atomic E-state index is 11.8. The number of thioether (sulfide) groups is 1. The SMILES string of the molecule is [2H]C1(Cc2ccc(OCCc3ccc(C(C)O)cn3)cc2)SC(=O)CC1=O. The molecule has 0 spiro atoms. The van der Waals surface area contributed by atoms with E-state index in [-0.39, 0.29) is 23.7 Å². The van der Waals surface area contributed by atoms with Crippen molar-refractivity contribution < 1.29 is 20.8 Å². The monoisotopic (exact) mass is 372 g/mol. The van der Waals surface area contributed by atoms with Gasteiger partial charge in [0.2, 0.25) is 0 Å². The van der Waals surface area contributed by atoms with E-state index in [0.717, 1.165) is 28.6 Å². The maximum Gasteiger partial charge on any atom is 0.197 e. The molecular weight excluding hydrogens is 350 g/mol. The summed E-state index contributed by atoms with van der Waals surface area (Å²) in [5.41, 5.74) is 2.49. The smallest absolute Gasteiger partial charge is 0.197 e. The summed E-state index contributed by atoms with van der Waals surface area (Å²) in [5.74, 6) is 0.367. The number of aromatic nitrogens is 1. The molecule has 0 saturated carbocycles. The third-order valence-electron chi connectivity index (χ3n) is 4.10. The first-order valence-electron chi connectivity index (χ1n) is 8.95. The number of aliphatic hydroxyl groups excluding tert-OH is 1. The van der Waals surface area contributed by atoms with Crippen molar-refractivity contribution in [2.75, 3.05) is 6.61 Å². The van der Waals surface area contributed by atoms with Crippen molar-refractivity contribution >= 4 is 22.7 Å². The van der Waals surface area contributed by atoms with Crippen molar-refractivity contribution in [1.29, 1.82) is 0 Å². The quantitative estimate of drug-likeness (QED) is 0.753. The predicted molar refractivity (Wildman–Crippen MR) is 100 cm³/mol. The number of rotatable bonds is 7. The number of aliphatic hydroxyl groups is 1. The number of benzene rings is 1. The minimum Gasteiger partial charge on any atom is -0.493 e. The van der Waals surface area contributed by atoms with Crippen LogP contribution in [0, 0.1) is 0 Å². The Hall–Kier alpha value is -2.18. The number of hydrogen-bond donors (Lipinski definition) is 1. The van der Waals surface area contributed by atoms with Gasteiger partial charge in [-0.3, -0.25) is 14.6 Å². The number of carbonyl (C=O) groups is 2. The Kier molecular flexibility index (Phi) is 5.62. The van der Waals surface area contributed by atoms with E-state index in [1.165, 1.54) is 0 Å². The predicted octanol–water partition coefficient (Wildman–Crippen LogP) is 2.90. The lowest BCUT2D eigenvalue weighted by Gasteiger charge is -2.09. The average Bonchev–Trinajstić information content (AvgIpc) is 2.88. The van der Waals surface area contributed by atoms with Crippen molar-refractivity contribution in [2.45, 2.75) is 37.5 Å². The van der Waals surface area contributed by atoms with Crippen LogP contribution in [0.25, 0.3) is 0 Å². The van der Waals surface area contributed by atoms with E-state index in [1.807, 2.05) is 24.3 Å². The molecule has 2 unspecified atom stereocenters. The molecule has 1 aliphatic heterocycles. The third-order valence-corrected chi connectivity index (χ3v) is 5.09. The van der Waals surface area contributed by atoms with Gasteiger partial charge in [0.25, 0.3) is 0 Å². The average molecular weight is 372 g/mol. The van der Waals surface area contributed by atoms with E-state index in [4.69, 9.17) is 6.11 Å². The molecule has 1 aromatic carbocycles. The first-order chi connectivity index (χ1) is 12.9. The van der Waals surface area contributed by atoms with Gasteiger partial charge in [0.05, 0.1) is 25.7 Å². The zero-order chi connectivity index (χ0) is 19.4. The maximum absolute atomic E-state index is 11.8. The molecule has 1 aromatic heterocycles. The molecule has 1 fully saturated rings. The van der Waals surface area contributed by atoms with Gasteiger partial charge < -0.3 is 9.84 Å². The molecule has 3 rings (SSSR count). The summed E-state index contributed by atoms with van der Waals surface area (Å²) in [6.07, 6.45) is 1.84. The van der Waals surface area contributed by atoms with Gasteiger partial charge >= 0.3 is 0 Å². The summed E-state index contributed by atoms with van der Waals surface area (Å²) in [5, 5.41) is 7.85. The fourth-order valence-corrected chi connectivity index (χ4v) is 3.49. The second kappa shape index (κ2) is 8.47. The molecular formula is C20H21NO4S. The van der Waals surface area contributed by atoms with Crippen LogP contribution in [0.4, 0.5) is 0 Å². The van der Waals surface area contributed by atoms with Crippen LogP contribution in [0.5, 0.6) is 5.75 Å². The van der Waals surface area contributed by atoms with Crippen molar-refractivity contribution in [3.63, 3.8) is 0 Å². The van der Waals surface area contributed by atoms with Gasteiger partial charge in [-0.1, -0.05) is 30.0 Å². The number of carbonyl (C=O) groups excluding carboxylic acids is 2. The second-order valence-electron chi connectivity index (χ2n) is 6.18. The van der Waals surface area contributed by atoms with E-state index in [1.54, 1.807) is 25.3 Å². The number of nitrogens with zero attached hydrogens (tertiary/aromatic N) is 1. The van der Waals surface area contributed by atoms with E-state index < -0.39 is 11.3 Å². The number of ketones is 1. The Morgan fingerprint density at radius 3 is 2.65 bits per heavy atom. The summed E-state index contributed by atoms with van der Waals surface area (Å²) >= 11 is 0.814. The molecule has 0 bridgehead atoms. The van der Waals surface area contributed by atoms with Crippen LogP contribution in [0.2, 0.25) is 0 Å². The second-order valence-corrected chi connectivity index (χ2v) is 7.33. The molecule has 6 heteroatoms. The van der Waals surface area contributed by atoms with Crippen LogP contribution in [0.1, 0.15) is 37.6 Å². The molecule has 5 nitrogen and oxygen atoms in total. The summed E-state index contributed by atoms with van der Waals surface area (Å²) in [4.78, 5) is 27.5. The summed E-state index contributed by atoms with van der Waals surface area (Å²) < 4.78 is 13.9. The van der Waals surface area contributed by atoms with Crippen LogP contribution in [-0.4, -0.2) is 32.8 Å². The Bertz CT molecular complexity index is 823. The third kappa shape index (κ3) is 4.93. The lowest BCUT2D eigenvalue weighted by atomic mass is 10.1. The van der Waals surface area contributed by atoms with Crippen LogP contribution in [0.3, 0.4) is 0 Å². The van der Waals surface area contributed by atoms with Gasteiger partial charge in [0.15, 0.2) is 10.9 Å². The Labute approximate surface area is 158 Å². The first-order valence-corrected chi connectivity index (χ1v) is 9.27. The van der Waals surface area contributed by atoms with Gasteiger partial charge in [-0.15, -0.1) is 0 Å². The van der Waals surface area contributed by atoms with Crippen LogP contribution in [-0.2, 0) is 22.4 Å². The van der Waals surface area contributed by atoms with E-state index in [9.17, 15) is 14.7 Å². The molecule has 1 saturated heterocycles. The van der Waals surface area contributed by atoms with E-state index in [0.29, 0.717) is 18.8 Å². The largest absolute Gasteiger partial charge is 0.493 e. The highest BCUT2D eigenvalue weighted by Gasteiger charge is 2.31. The van der Waals surface area contributed by atoms with Crippen LogP contribution >= 0.6 is 11.8 Å². The van der Waals surface area contributed by atoms with Gasteiger partial charge in [-0.2, -0.15) is 0 Å². The number of hydrogen-bond acceptors (Lipinski definition) is 6. The topological polar surface area (TPSA) is 76.5 Å². The highest BCUT2D eigenvalue weighted by Crippen LogP contribution is 2.28. The molecule has 2 heterocycles. The lowest BCUT2D eigenvalue weighted by Crippen LogP contribution is -2.13. The Morgan fingerprint density at radius 2 is 2.08 bits per heavy atom. The van der Waals surface area contributed by atoms with E-state index >= 15 is 0 Å². The molecule has 0 amide bonds. The highest BCUT2D eigenvalue weighted by atomic mass is 32.2. The zero-order valence-electron chi connectivity index (χ0n) is 15.5. The standard InChI is InChI=1S/C20H21NO4S/c1-13(22)15-4-5-16(21-12-15)8-9-25-17-6-2-14(3-7-17)10-19-18(23)11-20(24)26-19/h2-7,12-13,19,22H,8-11H2,1H3/i19D. The van der Waals surface area contributed by atoms with Crippen LogP contribution < -0.4 is 4.74 Å². The molecule has 1 aliphatic rings. The zero-order valence-corrected chi connectivity index (χ0v) is 15.3. The molecule has 0 aliphatic carbocycles. The van der Waals surface area contributed by atoms with Crippen molar-refractivity contribution in [2.24, 2.45) is 0 Å². The normalized spacial score (nSPS) is 21.5. The fourth-order valence-electron chi connectivity index (χ4n) is 2.59. The summed E-state index contributed by atoms with van der Waals surface area (Å²) in [7, 11) is 0.